The van der Waals surface area contributed by atoms with Crippen molar-refractivity contribution in [3.63, 3.8) is 0 Å². The van der Waals surface area contributed by atoms with Gasteiger partial charge in [-0.25, -0.2) is 4.98 Å². The van der Waals surface area contributed by atoms with E-state index in [-0.39, 0.29) is 6.10 Å². The van der Waals surface area contributed by atoms with Crippen LogP contribution >= 0.6 is 11.8 Å². The van der Waals surface area contributed by atoms with Crippen molar-refractivity contribution in [2.75, 3.05) is 5.75 Å². The molecule has 1 aromatic rings. The molecule has 0 aliphatic rings. The molecule has 0 radical (unpaired) electrons. The highest BCUT2D eigenvalue weighted by Crippen LogP contribution is 2.14. The highest BCUT2D eigenvalue weighted by Gasteiger charge is 1.97. The van der Waals surface area contributed by atoms with Gasteiger partial charge in [0.15, 0.2) is 0 Å². The Hall–Kier alpha value is -0.540. The van der Waals surface area contributed by atoms with Crippen LogP contribution in [-0.2, 0) is 0 Å². The summed E-state index contributed by atoms with van der Waals surface area (Å²) >= 11 is 1.57. The van der Waals surface area contributed by atoms with Gasteiger partial charge in [0.05, 0.1) is 11.1 Å². The standard InChI is InChI=1S/C8H11NOS/c1-7(10)6-11-8-4-2-3-5-9-8/h2-5,7,10H,6H2,1H3/t7-/m1/s1. The zero-order valence-corrected chi connectivity index (χ0v) is 7.21. The Labute approximate surface area is 70.7 Å². The zero-order chi connectivity index (χ0) is 8.10. The molecule has 60 valence electrons. The molecule has 3 heteroatoms. The van der Waals surface area contributed by atoms with Crippen LogP contribution in [0.15, 0.2) is 29.4 Å². The summed E-state index contributed by atoms with van der Waals surface area (Å²) < 4.78 is 0. The molecule has 1 aromatic heterocycles. The van der Waals surface area contributed by atoms with Gasteiger partial charge in [-0.15, -0.1) is 11.8 Å². The molecule has 0 unspecified atom stereocenters. The van der Waals surface area contributed by atoms with Gasteiger partial charge in [-0.2, -0.15) is 0 Å². The van der Waals surface area contributed by atoms with Crippen LogP contribution in [0.3, 0.4) is 0 Å². The number of aliphatic hydroxyl groups is 1. The van der Waals surface area contributed by atoms with Crippen LogP contribution in [0.25, 0.3) is 0 Å². The third-order valence-electron chi connectivity index (χ3n) is 1.11. The lowest BCUT2D eigenvalue weighted by Crippen LogP contribution is -2.02. The minimum absolute atomic E-state index is 0.262. The first-order chi connectivity index (χ1) is 5.29. The largest absolute Gasteiger partial charge is 0.393 e. The Bertz CT molecular complexity index is 201. The van der Waals surface area contributed by atoms with E-state index in [1.54, 1.807) is 24.9 Å². The molecule has 11 heavy (non-hydrogen) atoms. The van der Waals surface area contributed by atoms with Crippen molar-refractivity contribution in [3.05, 3.63) is 24.4 Å². The summed E-state index contributed by atoms with van der Waals surface area (Å²) in [6, 6.07) is 5.76. The Morgan fingerprint density at radius 1 is 1.64 bits per heavy atom. The number of nitrogens with zero attached hydrogens (tertiary/aromatic N) is 1. The molecule has 0 amide bonds. The van der Waals surface area contributed by atoms with Crippen molar-refractivity contribution < 1.29 is 5.11 Å². The molecule has 0 fully saturated rings. The van der Waals surface area contributed by atoms with Gasteiger partial charge in [0, 0.05) is 11.9 Å². The number of pyridine rings is 1. The van der Waals surface area contributed by atoms with Gasteiger partial charge in [0.25, 0.3) is 0 Å². The van der Waals surface area contributed by atoms with E-state index in [1.807, 2.05) is 18.2 Å². The number of hydrogen-bond acceptors (Lipinski definition) is 3. The van der Waals surface area contributed by atoms with Crippen LogP contribution in [-0.4, -0.2) is 21.9 Å². The topological polar surface area (TPSA) is 33.1 Å². The lowest BCUT2D eigenvalue weighted by Gasteiger charge is -2.01. The molecule has 0 aliphatic heterocycles. The van der Waals surface area contributed by atoms with E-state index >= 15 is 0 Å². The Kier molecular flexibility index (Phi) is 3.39. The molecule has 1 N–H and O–H groups in total. The average molecular weight is 169 g/mol. The second-order valence-electron chi connectivity index (χ2n) is 2.33. The highest BCUT2D eigenvalue weighted by molar-refractivity contribution is 7.99. The van der Waals surface area contributed by atoms with Gasteiger partial charge in [-0.05, 0) is 19.1 Å². The summed E-state index contributed by atoms with van der Waals surface area (Å²) in [5.74, 6) is 0.705. The van der Waals surface area contributed by atoms with Crippen molar-refractivity contribution in [1.29, 1.82) is 0 Å². The molecule has 0 spiro atoms. The van der Waals surface area contributed by atoms with Crippen LogP contribution in [0.1, 0.15) is 6.92 Å². The van der Waals surface area contributed by atoms with Gasteiger partial charge in [0.2, 0.25) is 0 Å². The van der Waals surface area contributed by atoms with Gasteiger partial charge >= 0.3 is 0 Å². The quantitative estimate of drug-likeness (QED) is 0.697. The fourth-order valence-corrected chi connectivity index (χ4v) is 1.36. The molecule has 0 saturated heterocycles. The van der Waals surface area contributed by atoms with Gasteiger partial charge in [0.1, 0.15) is 0 Å². The van der Waals surface area contributed by atoms with E-state index in [0.29, 0.717) is 5.75 Å². The fraction of sp³-hybridized carbons (Fsp3) is 0.375. The lowest BCUT2D eigenvalue weighted by molar-refractivity contribution is 0.220. The normalized spacial score (nSPS) is 12.9. The maximum atomic E-state index is 8.97. The van der Waals surface area contributed by atoms with Crippen LogP contribution in [0.2, 0.25) is 0 Å². The maximum Gasteiger partial charge on any atom is 0.0960 e. The third kappa shape index (κ3) is 3.39. The van der Waals surface area contributed by atoms with E-state index in [9.17, 15) is 0 Å². The van der Waals surface area contributed by atoms with E-state index < -0.39 is 0 Å². The number of aromatic nitrogens is 1. The van der Waals surface area contributed by atoms with Crippen molar-refractivity contribution >= 4 is 11.8 Å². The van der Waals surface area contributed by atoms with E-state index in [0.717, 1.165) is 5.03 Å². The van der Waals surface area contributed by atoms with E-state index in [1.165, 1.54) is 0 Å². The highest BCUT2D eigenvalue weighted by atomic mass is 32.2. The van der Waals surface area contributed by atoms with Gasteiger partial charge < -0.3 is 5.11 Å². The summed E-state index contributed by atoms with van der Waals surface area (Å²) in [7, 11) is 0. The maximum absolute atomic E-state index is 8.97. The van der Waals surface area contributed by atoms with E-state index in [4.69, 9.17) is 5.11 Å². The number of hydrogen-bond donors (Lipinski definition) is 1. The smallest absolute Gasteiger partial charge is 0.0960 e. The summed E-state index contributed by atoms with van der Waals surface area (Å²) in [6.07, 6.45) is 1.49. The SMILES string of the molecule is C[C@@H](O)CSc1ccccn1. The second kappa shape index (κ2) is 4.36. The predicted molar refractivity (Wildman–Crippen MR) is 46.6 cm³/mol. The number of aliphatic hydroxyl groups excluding tert-OH is 1. The van der Waals surface area contributed by atoms with E-state index in [2.05, 4.69) is 4.98 Å². The predicted octanol–water partition coefficient (Wildman–Crippen LogP) is 1.55. The summed E-state index contributed by atoms with van der Waals surface area (Å²) in [4.78, 5) is 4.10. The first kappa shape index (κ1) is 8.56. The second-order valence-corrected chi connectivity index (χ2v) is 3.37. The van der Waals surface area contributed by atoms with Crippen molar-refractivity contribution in [2.24, 2.45) is 0 Å². The Balaban J connectivity index is 2.39. The van der Waals surface area contributed by atoms with Crippen molar-refractivity contribution in [2.45, 2.75) is 18.1 Å². The third-order valence-corrected chi connectivity index (χ3v) is 2.30. The molecule has 1 atom stereocenters. The summed E-state index contributed by atoms with van der Waals surface area (Å²) in [6.45, 7) is 1.77. The molecular formula is C8H11NOS. The van der Waals surface area contributed by atoms with Crippen LogP contribution in [0, 0.1) is 0 Å². The fourth-order valence-electron chi connectivity index (χ4n) is 0.638. The lowest BCUT2D eigenvalue weighted by atomic mass is 10.5. The minimum atomic E-state index is -0.262. The minimum Gasteiger partial charge on any atom is -0.393 e. The average Bonchev–Trinajstić information content (AvgIpc) is 2.03. The monoisotopic (exact) mass is 169 g/mol. The first-order valence-electron chi connectivity index (χ1n) is 3.51. The van der Waals surface area contributed by atoms with Crippen LogP contribution < -0.4 is 0 Å². The molecule has 0 bridgehead atoms. The van der Waals surface area contributed by atoms with Gasteiger partial charge in [-0.1, -0.05) is 6.07 Å². The first-order valence-corrected chi connectivity index (χ1v) is 4.49. The zero-order valence-electron chi connectivity index (χ0n) is 6.40. The molecular weight excluding hydrogens is 158 g/mol. The summed E-state index contributed by atoms with van der Waals surface area (Å²) in [5.41, 5.74) is 0. The van der Waals surface area contributed by atoms with Crippen molar-refractivity contribution in [3.8, 4) is 0 Å². The van der Waals surface area contributed by atoms with Gasteiger partial charge in [-0.3, -0.25) is 0 Å². The molecule has 0 aliphatic carbocycles. The molecule has 0 aromatic carbocycles. The number of rotatable bonds is 3. The van der Waals surface area contributed by atoms with Crippen LogP contribution in [0.5, 0.6) is 0 Å². The molecule has 1 rings (SSSR count). The van der Waals surface area contributed by atoms with Crippen LogP contribution in [0.4, 0.5) is 0 Å². The Morgan fingerprint density at radius 3 is 3.00 bits per heavy atom. The molecule has 1 heterocycles. The summed E-state index contributed by atoms with van der Waals surface area (Å²) in [5, 5.41) is 9.93. The Morgan fingerprint density at radius 2 is 2.45 bits per heavy atom. The number of thioether (sulfide) groups is 1. The molecule has 2 nitrogen and oxygen atoms in total. The molecule has 0 saturated carbocycles. The van der Waals surface area contributed by atoms with Crippen molar-refractivity contribution in [1.82, 2.24) is 4.98 Å².